The molecule has 1 aromatic heterocycles. The number of para-hydroxylation sites is 1. The van der Waals surface area contributed by atoms with Crippen molar-refractivity contribution in [2.24, 2.45) is 5.10 Å². The summed E-state index contributed by atoms with van der Waals surface area (Å²) in [5, 5.41) is 10.6. The zero-order valence-electron chi connectivity index (χ0n) is 16.5. The van der Waals surface area contributed by atoms with Gasteiger partial charge < -0.3 is 5.32 Å². The number of nitrogens with zero attached hydrogens (tertiary/aromatic N) is 3. The summed E-state index contributed by atoms with van der Waals surface area (Å²) in [7, 11) is 0. The fourth-order valence-corrected chi connectivity index (χ4v) is 3.82. The normalized spacial score (nSPS) is 15.7. The second kappa shape index (κ2) is 8.21. The molecule has 0 fully saturated rings. The summed E-state index contributed by atoms with van der Waals surface area (Å²) in [6, 6.07) is 33.5. The predicted octanol–water partition coefficient (Wildman–Crippen LogP) is 6.18. The number of rotatable bonds is 5. The third-order valence-corrected chi connectivity index (χ3v) is 5.28. The average Bonchev–Trinajstić information content (AvgIpc) is 3.27. The summed E-state index contributed by atoms with van der Waals surface area (Å²) in [5.41, 5.74) is 6.65. The molecule has 4 nitrogen and oxygen atoms in total. The van der Waals surface area contributed by atoms with E-state index in [-0.39, 0.29) is 6.04 Å². The third kappa shape index (κ3) is 3.80. The Balaban J connectivity index is 1.47. The molecule has 3 aromatic carbocycles. The highest BCUT2D eigenvalue weighted by molar-refractivity contribution is 6.04. The van der Waals surface area contributed by atoms with E-state index in [1.807, 2.05) is 18.2 Å². The lowest BCUT2D eigenvalue weighted by atomic mass is 9.98. The third-order valence-electron chi connectivity index (χ3n) is 5.28. The molecule has 2 heterocycles. The van der Waals surface area contributed by atoms with Crippen LogP contribution in [0.4, 0.5) is 17.1 Å². The maximum absolute atomic E-state index is 5.05. The molecule has 0 aliphatic carbocycles. The van der Waals surface area contributed by atoms with Crippen LogP contribution in [0.1, 0.15) is 23.6 Å². The Kier molecular flexibility index (Phi) is 4.96. The topological polar surface area (TPSA) is 40.5 Å². The van der Waals surface area contributed by atoms with Crippen molar-refractivity contribution in [3.63, 3.8) is 0 Å². The Morgan fingerprint density at radius 3 is 2.23 bits per heavy atom. The number of nitrogens with one attached hydrogen (secondary N) is 1. The van der Waals surface area contributed by atoms with E-state index in [4.69, 9.17) is 5.10 Å². The smallest absolute Gasteiger partial charge is 0.0831 e. The Morgan fingerprint density at radius 1 is 0.733 bits per heavy atom. The standard InChI is InChI=1S/C26H22N4/c1-3-8-20(9-4-1)26-19-25(29-30(26)24-12-5-2-6-13-24)21-10-7-11-23(18-21)28-22-14-16-27-17-15-22/h1-18,26H,19H2,(H,27,28). The highest BCUT2D eigenvalue weighted by atomic mass is 15.5. The van der Waals surface area contributed by atoms with Gasteiger partial charge in [-0.25, -0.2) is 0 Å². The van der Waals surface area contributed by atoms with Crippen molar-refractivity contribution in [1.29, 1.82) is 0 Å². The van der Waals surface area contributed by atoms with Crippen LogP contribution < -0.4 is 10.3 Å². The lowest BCUT2D eigenvalue weighted by Crippen LogP contribution is -2.18. The van der Waals surface area contributed by atoms with Crippen molar-refractivity contribution in [2.75, 3.05) is 10.3 Å². The van der Waals surface area contributed by atoms with Gasteiger partial charge in [-0.15, -0.1) is 0 Å². The van der Waals surface area contributed by atoms with Crippen LogP contribution in [0.25, 0.3) is 0 Å². The molecule has 4 aromatic rings. The van der Waals surface area contributed by atoms with E-state index in [9.17, 15) is 0 Å². The molecule has 1 aliphatic heterocycles. The first-order valence-corrected chi connectivity index (χ1v) is 10.1. The summed E-state index contributed by atoms with van der Waals surface area (Å²) in [6.07, 6.45) is 4.43. The van der Waals surface area contributed by atoms with E-state index in [1.165, 1.54) is 5.56 Å². The zero-order chi connectivity index (χ0) is 20.2. The van der Waals surface area contributed by atoms with Crippen LogP contribution in [0.2, 0.25) is 0 Å². The van der Waals surface area contributed by atoms with Gasteiger partial charge in [0.1, 0.15) is 0 Å². The molecular weight excluding hydrogens is 368 g/mol. The van der Waals surface area contributed by atoms with Crippen molar-refractivity contribution < 1.29 is 0 Å². The van der Waals surface area contributed by atoms with Crippen molar-refractivity contribution in [2.45, 2.75) is 12.5 Å². The molecule has 1 atom stereocenters. The number of benzene rings is 3. The molecule has 4 heteroatoms. The average molecular weight is 390 g/mol. The van der Waals surface area contributed by atoms with Gasteiger partial charge in [0, 0.05) is 30.2 Å². The minimum absolute atomic E-state index is 0.181. The van der Waals surface area contributed by atoms with Crippen LogP contribution in [0.5, 0.6) is 0 Å². The second-order valence-corrected chi connectivity index (χ2v) is 7.30. The van der Waals surface area contributed by atoms with Gasteiger partial charge in [-0.1, -0.05) is 60.7 Å². The first-order valence-electron chi connectivity index (χ1n) is 10.1. The maximum Gasteiger partial charge on any atom is 0.0831 e. The van der Waals surface area contributed by atoms with Crippen LogP contribution in [0.15, 0.2) is 115 Å². The molecule has 0 saturated carbocycles. The van der Waals surface area contributed by atoms with Crippen molar-refractivity contribution >= 4 is 22.8 Å². The van der Waals surface area contributed by atoms with Gasteiger partial charge in [0.2, 0.25) is 0 Å². The van der Waals surface area contributed by atoms with Gasteiger partial charge in [0.15, 0.2) is 0 Å². The fourth-order valence-electron chi connectivity index (χ4n) is 3.82. The van der Waals surface area contributed by atoms with Crippen LogP contribution in [-0.2, 0) is 0 Å². The number of anilines is 3. The molecule has 0 spiro atoms. The monoisotopic (exact) mass is 390 g/mol. The molecule has 1 aliphatic rings. The van der Waals surface area contributed by atoms with E-state index >= 15 is 0 Å². The Hall–Kier alpha value is -3.92. The number of pyridine rings is 1. The van der Waals surface area contributed by atoms with Gasteiger partial charge in [-0.3, -0.25) is 9.99 Å². The van der Waals surface area contributed by atoms with Crippen LogP contribution in [0, 0.1) is 0 Å². The van der Waals surface area contributed by atoms with Crippen LogP contribution in [-0.4, -0.2) is 10.7 Å². The minimum Gasteiger partial charge on any atom is -0.355 e. The second-order valence-electron chi connectivity index (χ2n) is 7.30. The van der Waals surface area contributed by atoms with Crippen LogP contribution >= 0.6 is 0 Å². The summed E-state index contributed by atoms with van der Waals surface area (Å²) in [6.45, 7) is 0. The Bertz CT molecular complexity index is 1140. The Labute approximate surface area is 176 Å². The van der Waals surface area contributed by atoms with E-state index in [1.54, 1.807) is 12.4 Å². The lowest BCUT2D eigenvalue weighted by Gasteiger charge is -2.23. The number of hydrazone groups is 1. The van der Waals surface area contributed by atoms with E-state index in [0.717, 1.165) is 34.8 Å². The zero-order valence-corrected chi connectivity index (χ0v) is 16.5. The molecular formula is C26H22N4. The van der Waals surface area contributed by atoms with Crippen molar-refractivity contribution in [3.8, 4) is 0 Å². The molecule has 30 heavy (non-hydrogen) atoms. The first-order chi connectivity index (χ1) is 14.9. The highest BCUT2D eigenvalue weighted by Crippen LogP contribution is 2.36. The molecule has 0 radical (unpaired) electrons. The summed E-state index contributed by atoms with van der Waals surface area (Å²) >= 11 is 0. The number of hydrogen-bond acceptors (Lipinski definition) is 4. The summed E-state index contributed by atoms with van der Waals surface area (Å²) < 4.78 is 0. The molecule has 0 bridgehead atoms. The molecule has 5 rings (SSSR count). The Morgan fingerprint density at radius 2 is 1.47 bits per heavy atom. The van der Waals surface area contributed by atoms with Gasteiger partial charge in [-0.2, -0.15) is 5.10 Å². The first kappa shape index (κ1) is 18.1. The van der Waals surface area contributed by atoms with E-state index < -0.39 is 0 Å². The number of hydrogen-bond donors (Lipinski definition) is 1. The minimum atomic E-state index is 0.181. The summed E-state index contributed by atoms with van der Waals surface area (Å²) in [5.74, 6) is 0. The van der Waals surface area contributed by atoms with Gasteiger partial charge >= 0.3 is 0 Å². The quantitative estimate of drug-likeness (QED) is 0.442. The summed E-state index contributed by atoms with van der Waals surface area (Å²) in [4.78, 5) is 4.08. The largest absolute Gasteiger partial charge is 0.355 e. The fraction of sp³-hybridized carbons (Fsp3) is 0.0769. The molecule has 0 saturated heterocycles. The molecule has 1 N–H and O–H groups in total. The molecule has 146 valence electrons. The predicted molar refractivity (Wildman–Crippen MR) is 123 cm³/mol. The lowest BCUT2D eigenvalue weighted by molar-refractivity contribution is 0.709. The molecule has 0 amide bonds. The van der Waals surface area contributed by atoms with Crippen molar-refractivity contribution in [3.05, 3.63) is 121 Å². The number of aromatic nitrogens is 1. The van der Waals surface area contributed by atoms with Gasteiger partial charge in [0.05, 0.1) is 17.4 Å². The molecule has 1 unspecified atom stereocenters. The van der Waals surface area contributed by atoms with E-state index in [2.05, 4.69) is 94.2 Å². The van der Waals surface area contributed by atoms with Gasteiger partial charge in [-0.05, 0) is 47.5 Å². The van der Waals surface area contributed by atoms with Crippen molar-refractivity contribution in [1.82, 2.24) is 4.98 Å². The highest BCUT2D eigenvalue weighted by Gasteiger charge is 2.29. The van der Waals surface area contributed by atoms with E-state index in [0.29, 0.717) is 0 Å². The van der Waals surface area contributed by atoms with Crippen LogP contribution in [0.3, 0.4) is 0 Å². The maximum atomic E-state index is 5.05. The van der Waals surface area contributed by atoms with Gasteiger partial charge in [0.25, 0.3) is 0 Å². The SMILES string of the molecule is c1ccc(C2CC(c3cccc(Nc4ccncc4)c3)=NN2c2ccccc2)cc1.